The lowest BCUT2D eigenvalue weighted by Crippen LogP contribution is -2.18. The number of ether oxygens (including phenoxy) is 1. The summed E-state index contributed by atoms with van der Waals surface area (Å²) in [5, 5.41) is 22.8. The van der Waals surface area contributed by atoms with Gasteiger partial charge in [-0.25, -0.2) is 9.97 Å². The van der Waals surface area contributed by atoms with Crippen LogP contribution in [0, 0.1) is 32.0 Å². The highest BCUT2D eigenvalue weighted by molar-refractivity contribution is 6.33. The predicted octanol–water partition coefficient (Wildman–Crippen LogP) is 9.22. The Morgan fingerprint density at radius 3 is 1.78 bits per heavy atom. The second kappa shape index (κ2) is 13.2. The SMILES string of the molecule is O=[N+]([O-])c1cc(-c2nc3ccccc3o2)c(Cl)cc1CC1CCOCC1.O=[N+]([O-])c1cc(-c2nc3ccccc3o2)c(Cl)cc1F. The number of aromatic nitrogens is 2. The maximum atomic E-state index is 13.4. The second-order valence-corrected chi connectivity index (χ2v) is 11.3. The number of benzene rings is 4. The summed E-state index contributed by atoms with van der Waals surface area (Å²) < 4.78 is 30.0. The normalized spacial score (nSPS) is 13.5. The van der Waals surface area contributed by atoms with Crippen LogP contribution in [0.1, 0.15) is 18.4 Å². The van der Waals surface area contributed by atoms with Gasteiger partial charge in [0, 0.05) is 37.0 Å². The van der Waals surface area contributed by atoms with E-state index in [2.05, 4.69) is 9.97 Å². The molecule has 0 spiro atoms. The third-order valence-corrected chi connectivity index (χ3v) is 8.12. The molecule has 0 aliphatic carbocycles. The average Bonchev–Trinajstić information content (AvgIpc) is 3.66. The number of hydrogen-bond donors (Lipinski definition) is 0. The summed E-state index contributed by atoms with van der Waals surface area (Å²) in [6.45, 7) is 1.40. The summed E-state index contributed by atoms with van der Waals surface area (Å²) in [7, 11) is 0. The molecule has 1 fully saturated rings. The van der Waals surface area contributed by atoms with Gasteiger partial charge in [0.2, 0.25) is 17.6 Å². The van der Waals surface area contributed by atoms with Crippen LogP contribution in [0.5, 0.6) is 0 Å². The minimum atomic E-state index is -1.00. The fourth-order valence-corrected chi connectivity index (χ4v) is 5.68. The van der Waals surface area contributed by atoms with Crippen LogP contribution >= 0.6 is 23.2 Å². The average molecular weight is 665 g/mol. The lowest BCUT2D eigenvalue weighted by molar-refractivity contribution is -0.387. The van der Waals surface area contributed by atoms with Crippen molar-refractivity contribution in [3.63, 3.8) is 0 Å². The van der Waals surface area contributed by atoms with Crippen molar-refractivity contribution >= 4 is 56.8 Å². The van der Waals surface area contributed by atoms with E-state index in [0.29, 0.717) is 63.9 Å². The Balaban J connectivity index is 0.000000167. The van der Waals surface area contributed by atoms with Crippen LogP contribution in [0.2, 0.25) is 10.0 Å². The Bertz CT molecular complexity index is 2030. The van der Waals surface area contributed by atoms with Gasteiger partial charge >= 0.3 is 5.69 Å². The summed E-state index contributed by atoms with van der Waals surface area (Å²) in [6, 6.07) is 19.4. The standard InChI is InChI=1S/C19H17ClN2O4.C13H6ClFN2O3/c20-15-10-13(9-12-5-7-25-8-6-12)17(22(23)24)11-14(15)19-21-16-3-1-2-4-18(16)26-19;14-8-6-9(15)11(17(18)19)5-7(8)13-16-10-3-1-2-4-12(10)20-13/h1-4,10-12H,5-9H2;1-6H. The van der Waals surface area contributed by atoms with Gasteiger partial charge in [-0.1, -0.05) is 47.5 Å². The first-order chi connectivity index (χ1) is 22.2. The molecule has 6 aromatic rings. The molecular weight excluding hydrogens is 642 g/mol. The quantitative estimate of drug-likeness (QED) is 0.125. The molecule has 4 aromatic carbocycles. The summed E-state index contributed by atoms with van der Waals surface area (Å²) in [6.07, 6.45) is 2.43. The summed E-state index contributed by atoms with van der Waals surface area (Å²) >= 11 is 12.3. The summed E-state index contributed by atoms with van der Waals surface area (Å²) in [5.74, 6) is -0.232. The van der Waals surface area contributed by atoms with Gasteiger partial charge in [0.25, 0.3) is 5.69 Å². The Hall–Kier alpha value is -4.91. The first kappa shape index (κ1) is 31.1. The molecule has 0 N–H and O–H groups in total. The highest BCUT2D eigenvalue weighted by Gasteiger charge is 2.25. The molecule has 3 heterocycles. The van der Waals surface area contributed by atoms with Crippen molar-refractivity contribution in [2.24, 2.45) is 5.92 Å². The third-order valence-electron chi connectivity index (χ3n) is 7.50. The van der Waals surface area contributed by atoms with Crippen molar-refractivity contribution < 1.29 is 27.8 Å². The van der Waals surface area contributed by atoms with Crippen molar-refractivity contribution in [3.8, 4) is 22.9 Å². The zero-order valence-electron chi connectivity index (χ0n) is 23.8. The minimum absolute atomic E-state index is 0.000318. The van der Waals surface area contributed by atoms with Crippen LogP contribution in [0.4, 0.5) is 15.8 Å². The number of nitrogens with zero attached hydrogens (tertiary/aromatic N) is 4. The number of hydrogen-bond acceptors (Lipinski definition) is 9. The van der Waals surface area contributed by atoms with E-state index < -0.39 is 16.4 Å². The van der Waals surface area contributed by atoms with E-state index in [4.69, 9.17) is 36.8 Å². The maximum absolute atomic E-state index is 13.4. The number of nitro benzene ring substituents is 2. The third kappa shape index (κ3) is 6.54. The zero-order valence-corrected chi connectivity index (χ0v) is 25.3. The van der Waals surface area contributed by atoms with Crippen molar-refractivity contribution in [3.05, 3.63) is 114 Å². The zero-order chi connectivity index (χ0) is 32.4. The minimum Gasteiger partial charge on any atom is -0.436 e. The molecule has 0 unspecified atom stereocenters. The highest BCUT2D eigenvalue weighted by atomic mass is 35.5. The van der Waals surface area contributed by atoms with Gasteiger partial charge < -0.3 is 13.6 Å². The molecule has 0 amide bonds. The van der Waals surface area contributed by atoms with Gasteiger partial charge in [-0.05, 0) is 55.5 Å². The first-order valence-electron chi connectivity index (χ1n) is 14.1. The largest absolute Gasteiger partial charge is 0.436 e. The smallest absolute Gasteiger partial charge is 0.305 e. The molecule has 1 aliphatic rings. The van der Waals surface area contributed by atoms with E-state index in [9.17, 15) is 24.6 Å². The molecule has 1 saturated heterocycles. The van der Waals surface area contributed by atoms with E-state index in [0.717, 1.165) is 25.0 Å². The van der Waals surface area contributed by atoms with Crippen molar-refractivity contribution in [1.29, 1.82) is 0 Å². The molecule has 46 heavy (non-hydrogen) atoms. The Labute approximate surface area is 269 Å². The van der Waals surface area contributed by atoms with Gasteiger partial charge in [0.15, 0.2) is 11.2 Å². The van der Waals surface area contributed by atoms with Gasteiger partial charge in [0.1, 0.15) is 11.0 Å². The van der Waals surface area contributed by atoms with Crippen LogP contribution in [0.25, 0.3) is 45.1 Å². The molecule has 11 nitrogen and oxygen atoms in total. The summed E-state index contributed by atoms with van der Waals surface area (Å²) in [5.41, 5.74) is 3.05. The van der Waals surface area contributed by atoms with E-state index in [-0.39, 0.29) is 33.0 Å². The Morgan fingerprint density at radius 1 is 0.761 bits per heavy atom. The van der Waals surface area contributed by atoms with Crippen LogP contribution < -0.4 is 0 Å². The predicted molar refractivity (Wildman–Crippen MR) is 169 cm³/mol. The second-order valence-electron chi connectivity index (χ2n) is 10.5. The summed E-state index contributed by atoms with van der Waals surface area (Å²) in [4.78, 5) is 29.8. The molecule has 1 aliphatic heterocycles. The van der Waals surface area contributed by atoms with E-state index >= 15 is 0 Å². The van der Waals surface area contributed by atoms with Gasteiger partial charge in [-0.15, -0.1) is 0 Å². The number of fused-ring (bicyclic) bond motifs is 2. The molecule has 0 atom stereocenters. The molecular formula is C32H23Cl2FN4O7. The molecule has 7 rings (SSSR count). The molecule has 0 saturated carbocycles. The Morgan fingerprint density at radius 2 is 1.26 bits per heavy atom. The van der Waals surface area contributed by atoms with Crippen LogP contribution in [0.3, 0.4) is 0 Å². The molecule has 0 bridgehead atoms. The topological polar surface area (TPSA) is 148 Å². The fourth-order valence-electron chi connectivity index (χ4n) is 5.18. The molecule has 0 radical (unpaired) electrons. The Kier molecular flexibility index (Phi) is 8.93. The maximum Gasteiger partial charge on any atom is 0.305 e. The van der Waals surface area contributed by atoms with Gasteiger partial charge in [-0.2, -0.15) is 4.39 Å². The first-order valence-corrected chi connectivity index (χ1v) is 14.8. The monoisotopic (exact) mass is 664 g/mol. The fraction of sp³-hybridized carbons (Fsp3) is 0.188. The van der Waals surface area contributed by atoms with Crippen molar-refractivity contribution in [2.45, 2.75) is 19.3 Å². The van der Waals surface area contributed by atoms with Gasteiger partial charge in [0.05, 0.1) is 31.0 Å². The number of nitro groups is 2. The van der Waals surface area contributed by atoms with E-state index in [1.807, 2.05) is 18.2 Å². The van der Waals surface area contributed by atoms with Crippen LogP contribution in [0.15, 0.2) is 81.6 Å². The van der Waals surface area contributed by atoms with Crippen LogP contribution in [-0.4, -0.2) is 33.0 Å². The number of rotatable bonds is 6. The lowest BCUT2D eigenvalue weighted by atomic mass is 9.91. The molecule has 234 valence electrons. The molecule has 2 aromatic heterocycles. The van der Waals surface area contributed by atoms with E-state index in [1.54, 1.807) is 36.4 Å². The van der Waals surface area contributed by atoms with Crippen molar-refractivity contribution in [2.75, 3.05) is 13.2 Å². The number of para-hydroxylation sites is 4. The van der Waals surface area contributed by atoms with Gasteiger partial charge in [-0.3, -0.25) is 20.2 Å². The van der Waals surface area contributed by atoms with Crippen molar-refractivity contribution in [1.82, 2.24) is 9.97 Å². The highest BCUT2D eigenvalue weighted by Crippen LogP contribution is 2.37. The van der Waals surface area contributed by atoms with Crippen LogP contribution in [-0.2, 0) is 11.2 Å². The van der Waals surface area contributed by atoms with E-state index in [1.165, 1.54) is 6.07 Å². The lowest BCUT2D eigenvalue weighted by Gasteiger charge is -2.22. The number of halogens is 3. The molecule has 14 heteroatoms. The number of oxazole rings is 2.